The van der Waals surface area contributed by atoms with E-state index in [1.54, 1.807) is 11.3 Å². The van der Waals surface area contributed by atoms with Gasteiger partial charge >= 0.3 is 0 Å². The minimum atomic E-state index is -0.00739. The third-order valence-electron chi connectivity index (χ3n) is 3.55. The number of aliphatic hydroxyl groups is 1. The largest absolute Gasteiger partial charge is 0.396 e. The SMILES string of the molecule is C[C@@H](CO)CC(N)c1ccc(C#CCCc2ccccc2)s1. The summed E-state index contributed by atoms with van der Waals surface area (Å²) in [5, 5.41) is 9.10. The summed E-state index contributed by atoms with van der Waals surface area (Å²) in [4.78, 5) is 2.21. The van der Waals surface area contributed by atoms with Crippen molar-refractivity contribution >= 4 is 11.3 Å². The number of thiophene rings is 1. The van der Waals surface area contributed by atoms with Crippen LogP contribution in [0.4, 0.5) is 0 Å². The monoisotopic (exact) mass is 313 g/mol. The number of hydrogen-bond acceptors (Lipinski definition) is 3. The number of nitrogens with two attached hydrogens (primary N) is 1. The highest BCUT2D eigenvalue weighted by molar-refractivity contribution is 7.12. The molecule has 3 heteroatoms. The van der Waals surface area contributed by atoms with Crippen LogP contribution in [0.1, 0.15) is 41.1 Å². The summed E-state index contributed by atoms with van der Waals surface area (Å²) in [5.74, 6) is 6.69. The van der Waals surface area contributed by atoms with E-state index in [4.69, 9.17) is 10.8 Å². The van der Waals surface area contributed by atoms with E-state index in [1.165, 1.54) is 5.56 Å². The lowest BCUT2D eigenvalue weighted by Gasteiger charge is -2.13. The van der Waals surface area contributed by atoms with Gasteiger partial charge in [-0.3, -0.25) is 0 Å². The van der Waals surface area contributed by atoms with Crippen molar-refractivity contribution in [2.45, 2.75) is 32.2 Å². The minimum absolute atomic E-state index is 0.00739. The van der Waals surface area contributed by atoms with Gasteiger partial charge in [-0.15, -0.1) is 11.3 Å². The molecule has 22 heavy (non-hydrogen) atoms. The predicted molar refractivity (Wildman–Crippen MR) is 93.8 cm³/mol. The summed E-state index contributed by atoms with van der Waals surface area (Å²) >= 11 is 1.66. The molecule has 1 heterocycles. The minimum Gasteiger partial charge on any atom is -0.396 e. The molecule has 2 aromatic rings. The van der Waals surface area contributed by atoms with Crippen LogP contribution in [0.5, 0.6) is 0 Å². The molecule has 1 unspecified atom stereocenters. The van der Waals surface area contributed by atoms with Crippen LogP contribution < -0.4 is 5.73 Å². The fourth-order valence-corrected chi connectivity index (χ4v) is 3.14. The van der Waals surface area contributed by atoms with Crippen molar-refractivity contribution in [3.8, 4) is 11.8 Å². The zero-order valence-electron chi connectivity index (χ0n) is 13.0. The molecule has 2 atom stereocenters. The average Bonchev–Trinajstić information content (AvgIpc) is 3.01. The molecule has 0 radical (unpaired) electrons. The van der Waals surface area contributed by atoms with Gasteiger partial charge in [-0.05, 0) is 36.5 Å². The summed E-state index contributed by atoms with van der Waals surface area (Å²) in [6, 6.07) is 14.5. The van der Waals surface area contributed by atoms with Crippen molar-refractivity contribution in [3.05, 3.63) is 57.8 Å². The average molecular weight is 313 g/mol. The quantitative estimate of drug-likeness (QED) is 0.798. The Morgan fingerprint density at radius 2 is 1.95 bits per heavy atom. The maximum absolute atomic E-state index is 9.10. The normalized spacial score (nSPS) is 13.2. The summed E-state index contributed by atoms with van der Waals surface area (Å²) in [6.07, 6.45) is 2.66. The highest BCUT2D eigenvalue weighted by atomic mass is 32.1. The van der Waals surface area contributed by atoms with Gasteiger partial charge in [-0.2, -0.15) is 0 Å². The molecule has 2 rings (SSSR count). The van der Waals surface area contributed by atoms with E-state index in [-0.39, 0.29) is 18.6 Å². The van der Waals surface area contributed by atoms with Gasteiger partial charge in [-0.1, -0.05) is 49.1 Å². The second-order valence-corrected chi connectivity index (χ2v) is 6.73. The van der Waals surface area contributed by atoms with Crippen LogP contribution in [-0.4, -0.2) is 11.7 Å². The summed E-state index contributed by atoms with van der Waals surface area (Å²) in [6.45, 7) is 2.20. The first-order valence-electron chi connectivity index (χ1n) is 7.68. The van der Waals surface area contributed by atoms with Crippen molar-refractivity contribution in [2.24, 2.45) is 11.7 Å². The summed E-state index contributed by atoms with van der Waals surface area (Å²) in [5.41, 5.74) is 7.49. The van der Waals surface area contributed by atoms with Gasteiger partial charge in [-0.25, -0.2) is 0 Å². The van der Waals surface area contributed by atoms with Crippen molar-refractivity contribution in [2.75, 3.05) is 6.61 Å². The van der Waals surface area contributed by atoms with E-state index in [0.717, 1.165) is 29.0 Å². The molecule has 0 saturated carbocycles. The molecule has 0 amide bonds. The Hall–Kier alpha value is -1.60. The Morgan fingerprint density at radius 3 is 2.68 bits per heavy atom. The Labute approximate surface area is 137 Å². The molecule has 0 bridgehead atoms. The van der Waals surface area contributed by atoms with E-state index in [9.17, 15) is 0 Å². The molecule has 0 aliphatic heterocycles. The lowest BCUT2D eigenvalue weighted by atomic mass is 10.0. The fraction of sp³-hybridized carbons (Fsp3) is 0.368. The molecule has 2 nitrogen and oxygen atoms in total. The van der Waals surface area contributed by atoms with Crippen molar-refractivity contribution in [3.63, 3.8) is 0 Å². The van der Waals surface area contributed by atoms with Crippen LogP contribution in [0.15, 0.2) is 42.5 Å². The van der Waals surface area contributed by atoms with Gasteiger partial charge in [0.15, 0.2) is 0 Å². The molecule has 0 aliphatic rings. The van der Waals surface area contributed by atoms with E-state index < -0.39 is 0 Å². The molecule has 0 spiro atoms. The fourth-order valence-electron chi connectivity index (χ4n) is 2.24. The maximum Gasteiger partial charge on any atom is 0.0771 e. The van der Waals surface area contributed by atoms with Crippen LogP contribution in [0, 0.1) is 17.8 Å². The van der Waals surface area contributed by atoms with E-state index in [1.807, 2.05) is 19.1 Å². The molecular formula is C19H23NOS. The van der Waals surface area contributed by atoms with Gasteiger partial charge in [0.25, 0.3) is 0 Å². The number of rotatable bonds is 6. The highest BCUT2D eigenvalue weighted by Gasteiger charge is 2.12. The molecule has 0 fully saturated rings. The van der Waals surface area contributed by atoms with Crippen molar-refractivity contribution in [1.82, 2.24) is 0 Å². The predicted octanol–water partition coefficient (Wildman–Crippen LogP) is 3.75. The number of benzene rings is 1. The maximum atomic E-state index is 9.10. The van der Waals surface area contributed by atoms with Gasteiger partial charge in [0.2, 0.25) is 0 Å². The molecular weight excluding hydrogens is 290 g/mol. The second-order valence-electron chi connectivity index (χ2n) is 5.62. The molecule has 3 N–H and O–H groups in total. The van der Waals surface area contributed by atoms with Gasteiger partial charge in [0.1, 0.15) is 0 Å². The lowest BCUT2D eigenvalue weighted by Crippen LogP contribution is -2.14. The van der Waals surface area contributed by atoms with Crippen LogP contribution in [0.3, 0.4) is 0 Å². The Kier molecular flexibility index (Phi) is 6.67. The van der Waals surface area contributed by atoms with Crippen LogP contribution >= 0.6 is 11.3 Å². The zero-order valence-corrected chi connectivity index (χ0v) is 13.8. The van der Waals surface area contributed by atoms with Crippen molar-refractivity contribution in [1.29, 1.82) is 0 Å². The van der Waals surface area contributed by atoms with Gasteiger partial charge < -0.3 is 10.8 Å². The van der Waals surface area contributed by atoms with Crippen LogP contribution in [-0.2, 0) is 6.42 Å². The second kappa shape index (κ2) is 8.75. The number of aryl methyl sites for hydroxylation is 1. The number of aliphatic hydroxyl groups excluding tert-OH is 1. The molecule has 0 aliphatic carbocycles. The smallest absolute Gasteiger partial charge is 0.0771 e. The third kappa shape index (κ3) is 5.31. The first kappa shape index (κ1) is 16.8. The lowest BCUT2D eigenvalue weighted by molar-refractivity contribution is 0.224. The van der Waals surface area contributed by atoms with Crippen molar-refractivity contribution < 1.29 is 5.11 Å². The summed E-state index contributed by atoms with van der Waals surface area (Å²) in [7, 11) is 0. The Morgan fingerprint density at radius 1 is 1.18 bits per heavy atom. The standard InChI is InChI=1S/C19H23NOS/c1-15(14-21)13-18(20)19-12-11-17(22-19)10-6-5-9-16-7-3-2-4-8-16/h2-4,7-8,11-12,15,18,21H,5,9,13-14,20H2,1H3/t15-,18?/m1/s1. The topological polar surface area (TPSA) is 46.2 Å². The van der Waals surface area contributed by atoms with E-state index in [2.05, 4.69) is 42.2 Å². The van der Waals surface area contributed by atoms with E-state index in [0.29, 0.717) is 0 Å². The van der Waals surface area contributed by atoms with Crippen LogP contribution in [0.2, 0.25) is 0 Å². The number of hydrogen-bond donors (Lipinski definition) is 2. The highest BCUT2D eigenvalue weighted by Crippen LogP contribution is 2.25. The molecule has 1 aromatic heterocycles. The molecule has 0 saturated heterocycles. The first-order valence-corrected chi connectivity index (χ1v) is 8.49. The Bertz CT molecular complexity index is 624. The van der Waals surface area contributed by atoms with Gasteiger partial charge in [0, 0.05) is 23.9 Å². The third-order valence-corrected chi connectivity index (χ3v) is 4.69. The Balaban J connectivity index is 1.86. The molecule has 1 aromatic carbocycles. The zero-order chi connectivity index (χ0) is 15.8. The van der Waals surface area contributed by atoms with Gasteiger partial charge in [0.05, 0.1) is 4.88 Å². The van der Waals surface area contributed by atoms with Crippen LogP contribution in [0.25, 0.3) is 0 Å². The first-order chi connectivity index (χ1) is 10.7. The molecule has 116 valence electrons. The summed E-state index contributed by atoms with van der Waals surface area (Å²) < 4.78 is 0. The van der Waals surface area contributed by atoms with E-state index >= 15 is 0 Å².